The van der Waals surface area contributed by atoms with E-state index in [2.05, 4.69) is 15.4 Å². The van der Waals surface area contributed by atoms with Crippen LogP contribution in [0.1, 0.15) is 16.6 Å². The first-order valence-corrected chi connectivity index (χ1v) is 4.77. The summed E-state index contributed by atoms with van der Waals surface area (Å²) in [4.78, 5) is 8.22. The second-order valence-electron chi connectivity index (χ2n) is 2.63. The predicted molar refractivity (Wildman–Crippen MR) is 52.1 cm³/mol. The van der Waals surface area contributed by atoms with E-state index in [4.69, 9.17) is 5.84 Å². The fourth-order valence-corrected chi connectivity index (χ4v) is 1.91. The lowest BCUT2D eigenvalue weighted by atomic mass is 10.2. The molecule has 0 amide bonds. The Kier molecular flexibility index (Phi) is 2.40. The lowest BCUT2D eigenvalue weighted by Gasteiger charge is -2.11. The molecule has 2 aromatic rings. The largest absolute Gasteiger partial charge is 0.363 e. The van der Waals surface area contributed by atoms with Gasteiger partial charge in [-0.2, -0.15) is 0 Å². The molecule has 1 unspecified atom stereocenters. The van der Waals surface area contributed by atoms with Crippen molar-refractivity contribution in [1.29, 1.82) is 0 Å². The smallest absolute Gasteiger partial charge is 0.0966 e. The Balaban J connectivity index is 2.29. The number of aromatic nitrogens is 2. The van der Waals surface area contributed by atoms with Gasteiger partial charge in [-0.25, -0.2) is 5.43 Å². The number of nitrogens with zero attached hydrogens (tertiary/aromatic N) is 1. The van der Waals surface area contributed by atoms with E-state index < -0.39 is 0 Å². The van der Waals surface area contributed by atoms with Crippen molar-refractivity contribution in [2.45, 2.75) is 6.04 Å². The van der Waals surface area contributed by atoms with Crippen LogP contribution in [0, 0.1) is 0 Å². The zero-order valence-corrected chi connectivity index (χ0v) is 7.71. The first-order chi connectivity index (χ1) is 6.42. The summed E-state index contributed by atoms with van der Waals surface area (Å²) in [6.45, 7) is 0. The summed E-state index contributed by atoms with van der Waals surface area (Å²) < 4.78 is 0. The van der Waals surface area contributed by atoms with Crippen molar-refractivity contribution < 1.29 is 0 Å². The van der Waals surface area contributed by atoms with Gasteiger partial charge in [-0.1, -0.05) is 0 Å². The molecule has 0 radical (unpaired) electrons. The van der Waals surface area contributed by atoms with Crippen molar-refractivity contribution >= 4 is 11.3 Å². The van der Waals surface area contributed by atoms with Crippen molar-refractivity contribution in [3.63, 3.8) is 0 Å². The third kappa shape index (κ3) is 1.62. The van der Waals surface area contributed by atoms with Crippen LogP contribution in [0.3, 0.4) is 0 Å². The Morgan fingerprint density at radius 1 is 1.62 bits per heavy atom. The van der Waals surface area contributed by atoms with E-state index >= 15 is 0 Å². The normalized spacial score (nSPS) is 13.0. The number of hydrogen-bond acceptors (Lipinski definition) is 4. The number of aromatic amines is 1. The van der Waals surface area contributed by atoms with Gasteiger partial charge in [0.05, 0.1) is 11.6 Å². The summed E-state index contributed by atoms with van der Waals surface area (Å²) in [6.07, 6.45) is 3.69. The van der Waals surface area contributed by atoms with Crippen LogP contribution < -0.4 is 11.3 Å². The Hall–Kier alpha value is -1.17. The molecule has 4 nitrogen and oxygen atoms in total. The summed E-state index contributed by atoms with van der Waals surface area (Å²) in [7, 11) is 0. The second-order valence-corrected chi connectivity index (χ2v) is 3.55. The topological polar surface area (TPSA) is 66.7 Å². The molecule has 5 heteroatoms. The zero-order chi connectivity index (χ0) is 9.10. The Labute approximate surface area is 79.8 Å². The third-order valence-corrected chi connectivity index (χ3v) is 2.68. The number of thiazole rings is 1. The van der Waals surface area contributed by atoms with Crippen LogP contribution in [0.25, 0.3) is 0 Å². The van der Waals surface area contributed by atoms with Gasteiger partial charge in [0.2, 0.25) is 0 Å². The highest BCUT2D eigenvalue weighted by atomic mass is 32.1. The van der Waals surface area contributed by atoms with Crippen LogP contribution in [0.4, 0.5) is 0 Å². The zero-order valence-electron chi connectivity index (χ0n) is 6.90. The molecular formula is C8H10N4S. The number of nitrogens with one attached hydrogen (secondary N) is 2. The molecule has 1 atom stereocenters. The van der Waals surface area contributed by atoms with Gasteiger partial charge in [-0.3, -0.25) is 10.8 Å². The summed E-state index contributed by atoms with van der Waals surface area (Å²) in [5, 5.41) is 0. The molecule has 2 aromatic heterocycles. The molecule has 0 fully saturated rings. The lowest BCUT2D eigenvalue weighted by Crippen LogP contribution is -2.28. The van der Waals surface area contributed by atoms with Gasteiger partial charge in [0.25, 0.3) is 0 Å². The molecule has 0 saturated heterocycles. The summed E-state index contributed by atoms with van der Waals surface area (Å²) in [5.41, 5.74) is 5.59. The van der Waals surface area contributed by atoms with Crippen LogP contribution in [0.2, 0.25) is 0 Å². The summed E-state index contributed by atoms with van der Waals surface area (Å²) in [5.74, 6) is 5.46. The van der Waals surface area contributed by atoms with Gasteiger partial charge in [0.1, 0.15) is 0 Å². The van der Waals surface area contributed by atoms with Gasteiger partial charge < -0.3 is 4.98 Å². The highest BCUT2D eigenvalue weighted by molar-refractivity contribution is 7.09. The van der Waals surface area contributed by atoms with Gasteiger partial charge >= 0.3 is 0 Å². The van der Waals surface area contributed by atoms with Crippen LogP contribution in [0.5, 0.6) is 0 Å². The number of hydrogen-bond donors (Lipinski definition) is 3. The van der Waals surface area contributed by atoms with E-state index in [1.165, 1.54) is 0 Å². The van der Waals surface area contributed by atoms with E-state index in [9.17, 15) is 0 Å². The predicted octanol–water partition coefficient (Wildman–Crippen LogP) is 1.02. The molecule has 2 rings (SSSR count). The second kappa shape index (κ2) is 3.69. The molecule has 0 saturated carbocycles. The minimum absolute atomic E-state index is 0.0162. The molecule has 13 heavy (non-hydrogen) atoms. The molecule has 0 aliphatic heterocycles. The van der Waals surface area contributed by atoms with E-state index in [-0.39, 0.29) is 6.04 Å². The standard InChI is InChI=1S/C8H10N4S/c9-12-8(6-2-1-3-11-6)7-4-10-5-13-7/h1-5,8,11-12H,9H2. The maximum atomic E-state index is 5.46. The third-order valence-electron chi connectivity index (χ3n) is 1.84. The average Bonchev–Trinajstić information content (AvgIpc) is 2.76. The fraction of sp³-hybridized carbons (Fsp3) is 0.125. The first-order valence-electron chi connectivity index (χ1n) is 3.89. The van der Waals surface area contributed by atoms with E-state index in [0.717, 1.165) is 10.6 Å². The fourth-order valence-electron chi connectivity index (χ4n) is 1.22. The highest BCUT2D eigenvalue weighted by Crippen LogP contribution is 2.22. The Morgan fingerprint density at radius 2 is 2.54 bits per heavy atom. The molecule has 0 aromatic carbocycles. The van der Waals surface area contributed by atoms with E-state index in [1.54, 1.807) is 16.8 Å². The molecule has 68 valence electrons. The summed E-state index contributed by atoms with van der Waals surface area (Å²) >= 11 is 1.58. The SMILES string of the molecule is NNC(c1ccc[nH]1)c1cncs1. The van der Waals surface area contributed by atoms with Crippen molar-refractivity contribution in [2.24, 2.45) is 5.84 Å². The van der Waals surface area contributed by atoms with Gasteiger partial charge in [0.15, 0.2) is 0 Å². The minimum atomic E-state index is 0.0162. The molecule has 0 aliphatic carbocycles. The van der Waals surface area contributed by atoms with Crippen LogP contribution in [0.15, 0.2) is 30.0 Å². The average molecular weight is 194 g/mol. The van der Waals surface area contributed by atoms with Crippen LogP contribution in [-0.4, -0.2) is 9.97 Å². The Morgan fingerprint density at radius 3 is 3.08 bits per heavy atom. The molecular weight excluding hydrogens is 184 g/mol. The summed E-state index contributed by atoms with van der Waals surface area (Å²) in [6, 6.07) is 3.95. The van der Waals surface area contributed by atoms with Crippen LogP contribution in [-0.2, 0) is 0 Å². The number of nitrogens with two attached hydrogens (primary N) is 1. The van der Waals surface area contributed by atoms with Crippen molar-refractivity contribution in [3.05, 3.63) is 40.6 Å². The Bertz CT molecular complexity index is 306. The lowest BCUT2D eigenvalue weighted by molar-refractivity contribution is 0.632. The maximum Gasteiger partial charge on any atom is 0.0966 e. The highest BCUT2D eigenvalue weighted by Gasteiger charge is 2.13. The first kappa shape index (κ1) is 8.43. The minimum Gasteiger partial charge on any atom is -0.363 e. The van der Waals surface area contributed by atoms with Crippen LogP contribution >= 0.6 is 11.3 Å². The van der Waals surface area contributed by atoms with Crippen molar-refractivity contribution in [1.82, 2.24) is 15.4 Å². The van der Waals surface area contributed by atoms with E-state index in [1.807, 2.05) is 24.5 Å². The van der Waals surface area contributed by atoms with Gasteiger partial charge in [-0.05, 0) is 12.1 Å². The van der Waals surface area contributed by atoms with Gasteiger partial charge in [0, 0.05) is 23.0 Å². The molecule has 0 aliphatic rings. The van der Waals surface area contributed by atoms with Gasteiger partial charge in [-0.15, -0.1) is 11.3 Å². The number of rotatable bonds is 3. The van der Waals surface area contributed by atoms with E-state index in [0.29, 0.717) is 0 Å². The molecule has 0 spiro atoms. The maximum absolute atomic E-state index is 5.46. The molecule has 2 heterocycles. The quantitative estimate of drug-likeness (QED) is 0.505. The van der Waals surface area contributed by atoms with Crippen molar-refractivity contribution in [3.8, 4) is 0 Å². The number of hydrazine groups is 1. The monoisotopic (exact) mass is 194 g/mol. The molecule has 0 bridgehead atoms. The van der Waals surface area contributed by atoms with Crippen molar-refractivity contribution in [2.75, 3.05) is 0 Å². The number of H-pyrrole nitrogens is 1. The molecule has 4 N–H and O–H groups in total.